The zero-order chi connectivity index (χ0) is 10.3. The van der Waals surface area contributed by atoms with E-state index < -0.39 is 0 Å². The molecule has 0 aliphatic rings. The van der Waals surface area contributed by atoms with Gasteiger partial charge >= 0.3 is 0 Å². The van der Waals surface area contributed by atoms with Crippen LogP contribution in [0.5, 0.6) is 0 Å². The van der Waals surface area contributed by atoms with E-state index in [2.05, 4.69) is 10.2 Å². The van der Waals surface area contributed by atoms with Gasteiger partial charge in [0.25, 0.3) is 0 Å². The van der Waals surface area contributed by atoms with Crippen LogP contribution in [0, 0.1) is 0 Å². The summed E-state index contributed by atoms with van der Waals surface area (Å²) in [5.41, 5.74) is 8.03. The predicted octanol–water partition coefficient (Wildman–Crippen LogP) is 1.57. The molecule has 0 radical (unpaired) electrons. The first kappa shape index (κ1) is 8.05. The van der Waals surface area contributed by atoms with Gasteiger partial charge in [-0.25, -0.2) is 0 Å². The van der Waals surface area contributed by atoms with Crippen molar-refractivity contribution >= 4 is 11.3 Å². The van der Waals surface area contributed by atoms with E-state index in [9.17, 15) is 0 Å². The average molecular weight is 200 g/mol. The molecule has 0 saturated heterocycles. The molecule has 5 nitrogen and oxygen atoms in total. The predicted molar refractivity (Wildman–Crippen MR) is 55.1 cm³/mol. The highest BCUT2D eigenvalue weighted by molar-refractivity contribution is 5.59. The molecule has 0 saturated carbocycles. The second-order valence-electron chi connectivity index (χ2n) is 3.23. The van der Waals surface area contributed by atoms with Crippen LogP contribution in [0.1, 0.15) is 0 Å². The summed E-state index contributed by atoms with van der Waals surface area (Å²) >= 11 is 0. The Bertz CT molecular complexity index is 597. The quantitative estimate of drug-likeness (QED) is 0.647. The van der Waals surface area contributed by atoms with Gasteiger partial charge in [-0.1, -0.05) is 0 Å². The fraction of sp³-hybridized carbons (Fsp3) is 0. The van der Waals surface area contributed by atoms with Crippen LogP contribution in [0.15, 0.2) is 41.3 Å². The van der Waals surface area contributed by atoms with Crippen LogP contribution in [0.25, 0.3) is 17.0 Å². The highest BCUT2D eigenvalue weighted by Gasteiger charge is 2.08. The molecule has 3 aromatic rings. The molecule has 74 valence electrons. The molecule has 15 heavy (non-hydrogen) atoms. The average Bonchev–Trinajstić information content (AvgIpc) is 2.83. The summed E-state index contributed by atoms with van der Waals surface area (Å²) in [6.07, 6.45) is 5.01. The van der Waals surface area contributed by atoms with Gasteiger partial charge in [0, 0.05) is 11.9 Å². The zero-order valence-corrected chi connectivity index (χ0v) is 7.79. The Kier molecular flexibility index (Phi) is 1.53. The summed E-state index contributed by atoms with van der Waals surface area (Å²) in [4.78, 5) is 0. The fourth-order valence-corrected chi connectivity index (χ4v) is 1.50. The summed E-state index contributed by atoms with van der Waals surface area (Å²) in [6, 6.07) is 5.45. The van der Waals surface area contributed by atoms with Gasteiger partial charge in [0.15, 0.2) is 11.5 Å². The second-order valence-corrected chi connectivity index (χ2v) is 3.23. The van der Waals surface area contributed by atoms with Crippen molar-refractivity contribution in [2.45, 2.75) is 0 Å². The third-order valence-corrected chi connectivity index (χ3v) is 2.20. The Morgan fingerprint density at radius 1 is 1.20 bits per heavy atom. The van der Waals surface area contributed by atoms with Gasteiger partial charge in [-0.2, -0.15) is 0 Å². The van der Waals surface area contributed by atoms with E-state index >= 15 is 0 Å². The van der Waals surface area contributed by atoms with Crippen LogP contribution in [0.2, 0.25) is 0 Å². The monoisotopic (exact) mass is 200 g/mol. The van der Waals surface area contributed by atoms with Gasteiger partial charge in [0.2, 0.25) is 0 Å². The molecular weight excluding hydrogens is 192 g/mol. The number of aromatic nitrogens is 3. The molecule has 0 aliphatic carbocycles. The lowest BCUT2D eigenvalue weighted by atomic mass is 10.3. The molecule has 2 N–H and O–H groups in total. The van der Waals surface area contributed by atoms with Gasteiger partial charge in [0.05, 0.1) is 11.8 Å². The van der Waals surface area contributed by atoms with Crippen molar-refractivity contribution in [1.82, 2.24) is 14.6 Å². The van der Waals surface area contributed by atoms with Crippen LogP contribution in [-0.2, 0) is 0 Å². The summed E-state index contributed by atoms with van der Waals surface area (Å²) < 4.78 is 6.84. The van der Waals surface area contributed by atoms with E-state index in [0.717, 1.165) is 17.0 Å². The minimum Gasteiger partial charge on any atom is -0.472 e. The largest absolute Gasteiger partial charge is 0.472 e. The molecular formula is C10H8N4O. The maximum Gasteiger partial charge on any atom is 0.171 e. The number of nitrogen functional groups attached to an aromatic ring is 1. The van der Waals surface area contributed by atoms with Crippen LogP contribution >= 0.6 is 0 Å². The van der Waals surface area contributed by atoms with Gasteiger partial charge in [-0.05, 0) is 18.2 Å². The molecule has 0 fully saturated rings. The molecule has 0 unspecified atom stereocenters. The Balaban J connectivity index is 2.32. The molecule has 3 aromatic heterocycles. The van der Waals surface area contributed by atoms with Crippen LogP contribution < -0.4 is 5.73 Å². The molecule has 0 atom stereocenters. The second kappa shape index (κ2) is 2.84. The minimum absolute atomic E-state index is 0.673. The van der Waals surface area contributed by atoms with Gasteiger partial charge in [0.1, 0.15) is 6.26 Å². The molecule has 0 bridgehead atoms. The highest BCUT2D eigenvalue weighted by atomic mass is 16.3. The number of rotatable bonds is 1. The number of pyridine rings is 1. The van der Waals surface area contributed by atoms with Crippen molar-refractivity contribution in [3.63, 3.8) is 0 Å². The Hall–Kier alpha value is -2.30. The highest BCUT2D eigenvalue weighted by Crippen LogP contribution is 2.19. The van der Waals surface area contributed by atoms with Crippen molar-refractivity contribution in [3.8, 4) is 11.4 Å². The summed E-state index contributed by atoms with van der Waals surface area (Å²) in [7, 11) is 0. The lowest BCUT2D eigenvalue weighted by Crippen LogP contribution is -1.92. The van der Waals surface area contributed by atoms with Gasteiger partial charge in [-0.15, -0.1) is 10.2 Å². The molecule has 0 aromatic carbocycles. The first-order valence-corrected chi connectivity index (χ1v) is 4.47. The van der Waals surface area contributed by atoms with Crippen LogP contribution in [0.4, 0.5) is 5.69 Å². The van der Waals surface area contributed by atoms with Crippen LogP contribution in [-0.4, -0.2) is 14.6 Å². The van der Waals surface area contributed by atoms with Gasteiger partial charge in [-0.3, -0.25) is 4.40 Å². The third-order valence-electron chi connectivity index (χ3n) is 2.20. The maximum atomic E-state index is 5.71. The van der Waals surface area contributed by atoms with E-state index in [0.29, 0.717) is 5.69 Å². The zero-order valence-electron chi connectivity index (χ0n) is 7.79. The maximum absolute atomic E-state index is 5.71. The number of fused-ring (bicyclic) bond motifs is 1. The van der Waals surface area contributed by atoms with Gasteiger partial charge < -0.3 is 10.2 Å². The SMILES string of the molecule is Nc1ccc2nnc(-c3ccoc3)n2c1. The van der Waals surface area contributed by atoms with Crippen LogP contribution in [0.3, 0.4) is 0 Å². The molecule has 3 heterocycles. The Labute approximate surface area is 85.1 Å². The number of nitrogens with two attached hydrogens (primary N) is 1. The number of hydrogen-bond donors (Lipinski definition) is 1. The Morgan fingerprint density at radius 3 is 2.93 bits per heavy atom. The molecule has 5 heteroatoms. The molecule has 3 rings (SSSR count). The van der Waals surface area contributed by atoms with E-state index in [1.54, 1.807) is 24.8 Å². The van der Waals surface area contributed by atoms with E-state index in [1.165, 1.54) is 0 Å². The normalized spacial score (nSPS) is 10.9. The van der Waals surface area contributed by atoms with Crippen molar-refractivity contribution in [1.29, 1.82) is 0 Å². The smallest absolute Gasteiger partial charge is 0.171 e. The first-order valence-electron chi connectivity index (χ1n) is 4.47. The summed E-state index contributed by atoms with van der Waals surface area (Å²) in [6.45, 7) is 0. The lowest BCUT2D eigenvalue weighted by molar-refractivity contribution is 0.568. The molecule has 0 aliphatic heterocycles. The number of anilines is 1. The molecule has 0 amide bonds. The van der Waals surface area contributed by atoms with E-state index in [-0.39, 0.29) is 0 Å². The summed E-state index contributed by atoms with van der Waals surface area (Å²) in [5.74, 6) is 0.728. The minimum atomic E-state index is 0.673. The lowest BCUT2D eigenvalue weighted by Gasteiger charge is -1.97. The molecule has 0 spiro atoms. The van der Waals surface area contributed by atoms with E-state index in [1.807, 2.05) is 16.5 Å². The third kappa shape index (κ3) is 1.17. The van der Waals surface area contributed by atoms with Crippen molar-refractivity contribution in [3.05, 3.63) is 36.9 Å². The van der Waals surface area contributed by atoms with E-state index in [4.69, 9.17) is 10.2 Å². The standard InChI is InChI=1S/C10H8N4O/c11-8-1-2-9-12-13-10(14(9)5-8)7-3-4-15-6-7/h1-6H,11H2. The first-order chi connectivity index (χ1) is 7.34. The number of furan rings is 1. The summed E-state index contributed by atoms with van der Waals surface area (Å²) in [5, 5.41) is 8.11. The Morgan fingerprint density at radius 2 is 2.13 bits per heavy atom. The topological polar surface area (TPSA) is 69.3 Å². The van der Waals surface area contributed by atoms with Crippen molar-refractivity contribution in [2.75, 3.05) is 5.73 Å². The number of hydrogen-bond acceptors (Lipinski definition) is 4. The van der Waals surface area contributed by atoms with Crippen molar-refractivity contribution in [2.24, 2.45) is 0 Å². The number of nitrogens with zero attached hydrogens (tertiary/aromatic N) is 3. The fourth-order valence-electron chi connectivity index (χ4n) is 1.50. The van der Waals surface area contributed by atoms with Crippen molar-refractivity contribution < 1.29 is 4.42 Å².